The molecule has 0 aliphatic heterocycles. The van der Waals surface area contributed by atoms with E-state index in [9.17, 15) is 0 Å². The zero-order valence-electron chi connectivity index (χ0n) is 6.87. The highest BCUT2D eigenvalue weighted by molar-refractivity contribution is 7.05. The standard InChI is InChI=1S/C8H9N3S/c1-6-10-7(12-11-6)8(5-9)3-2-4-8/h2-4H2,1H3. The van der Waals surface area contributed by atoms with Crippen LogP contribution in [0.3, 0.4) is 0 Å². The number of hydrogen-bond donors (Lipinski definition) is 0. The molecular weight excluding hydrogens is 170 g/mol. The van der Waals surface area contributed by atoms with Gasteiger partial charge in [0, 0.05) is 0 Å². The predicted octanol–water partition coefficient (Wildman–Crippen LogP) is 1.79. The van der Waals surface area contributed by atoms with Crippen LogP contribution >= 0.6 is 11.5 Å². The van der Waals surface area contributed by atoms with Crippen molar-refractivity contribution in [3.8, 4) is 6.07 Å². The highest BCUT2D eigenvalue weighted by Gasteiger charge is 2.42. The van der Waals surface area contributed by atoms with Crippen LogP contribution in [0, 0.1) is 18.3 Å². The van der Waals surface area contributed by atoms with Crippen molar-refractivity contribution >= 4 is 11.5 Å². The molecule has 0 radical (unpaired) electrons. The van der Waals surface area contributed by atoms with Crippen molar-refractivity contribution in [2.24, 2.45) is 0 Å². The van der Waals surface area contributed by atoms with Gasteiger partial charge in [-0.15, -0.1) is 0 Å². The Morgan fingerprint density at radius 1 is 1.58 bits per heavy atom. The van der Waals surface area contributed by atoms with E-state index in [1.165, 1.54) is 11.5 Å². The molecular formula is C8H9N3S. The van der Waals surface area contributed by atoms with Crippen LogP contribution in [0.2, 0.25) is 0 Å². The number of nitriles is 1. The molecule has 1 aromatic heterocycles. The molecule has 0 atom stereocenters. The molecule has 2 rings (SSSR count). The van der Waals surface area contributed by atoms with Crippen LogP contribution in [0.25, 0.3) is 0 Å². The molecule has 1 aliphatic rings. The summed E-state index contributed by atoms with van der Waals surface area (Å²) in [5.41, 5.74) is -0.272. The van der Waals surface area contributed by atoms with Crippen LogP contribution < -0.4 is 0 Å². The van der Waals surface area contributed by atoms with E-state index in [2.05, 4.69) is 15.4 Å². The zero-order chi connectivity index (χ0) is 8.60. The maximum atomic E-state index is 8.99. The molecule has 1 saturated carbocycles. The largest absolute Gasteiger partial charge is 0.223 e. The Morgan fingerprint density at radius 2 is 2.33 bits per heavy atom. The molecule has 62 valence electrons. The number of hydrogen-bond acceptors (Lipinski definition) is 4. The normalized spacial score (nSPS) is 19.7. The number of aromatic nitrogens is 2. The molecule has 1 aromatic rings. The maximum Gasteiger partial charge on any atom is 0.139 e. The lowest BCUT2D eigenvalue weighted by molar-refractivity contribution is 0.322. The van der Waals surface area contributed by atoms with Crippen molar-refractivity contribution < 1.29 is 0 Å². The lowest BCUT2D eigenvalue weighted by Crippen LogP contribution is -2.32. The van der Waals surface area contributed by atoms with E-state index < -0.39 is 0 Å². The monoisotopic (exact) mass is 179 g/mol. The summed E-state index contributed by atoms with van der Waals surface area (Å²) in [6, 6.07) is 2.35. The van der Waals surface area contributed by atoms with Crippen molar-refractivity contribution in [2.75, 3.05) is 0 Å². The van der Waals surface area contributed by atoms with Gasteiger partial charge in [0.25, 0.3) is 0 Å². The van der Waals surface area contributed by atoms with Crippen molar-refractivity contribution in [3.05, 3.63) is 10.8 Å². The molecule has 0 unspecified atom stereocenters. The van der Waals surface area contributed by atoms with E-state index in [1.807, 2.05) is 6.92 Å². The third-order valence-electron chi connectivity index (χ3n) is 2.36. The van der Waals surface area contributed by atoms with E-state index in [-0.39, 0.29) is 5.41 Å². The summed E-state index contributed by atoms with van der Waals surface area (Å²) in [5, 5.41) is 9.90. The first-order valence-corrected chi connectivity index (χ1v) is 4.76. The number of rotatable bonds is 1. The summed E-state index contributed by atoms with van der Waals surface area (Å²) in [6.07, 6.45) is 3.06. The second-order valence-corrected chi connectivity index (χ2v) is 3.95. The van der Waals surface area contributed by atoms with Gasteiger partial charge in [-0.2, -0.15) is 9.64 Å². The zero-order valence-corrected chi connectivity index (χ0v) is 7.69. The first-order chi connectivity index (χ1) is 5.77. The molecule has 4 heteroatoms. The van der Waals surface area contributed by atoms with Crippen LogP contribution in [0.5, 0.6) is 0 Å². The van der Waals surface area contributed by atoms with Gasteiger partial charge in [-0.25, -0.2) is 4.98 Å². The molecule has 3 nitrogen and oxygen atoms in total. The van der Waals surface area contributed by atoms with E-state index in [0.717, 1.165) is 30.1 Å². The first-order valence-electron chi connectivity index (χ1n) is 3.99. The molecule has 0 N–H and O–H groups in total. The highest BCUT2D eigenvalue weighted by atomic mass is 32.1. The molecule has 0 amide bonds. The fourth-order valence-electron chi connectivity index (χ4n) is 1.40. The molecule has 0 bridgehead atoms. The van der Waals surface area contributed by atoms with Gasteiger partial charge in [-0.1, -0.05) is 0 Å². The van der Waals surface area contributed by atoms with E-state index in [0.29, 0.717) is 0 Å². The van der Waals surface area contributed by atoms with Crippen molar-refractivity contribution in [1.29, 1.82) is 5.26 Å². The van der Waals surface area contributed by atoms with Crippen molar-refractivity contribution in [2.45, 2.75) is 31.6 Å². The average Bonchev–Trinajstić information content (AvgIpc) is 2.35. The second-order valence-electron chi connectivity index (χ2n) is 3.19. The third-order valence-corrected chi connectivity index (χ3v) is 3.37. The van der Waals surface area contributed by atoms with Gasteiger partial charge in [0.1, 0.15) is 16.2 Å². The van der Waals surface area contributed by atoms with E-state index in [1.54, 1.807) is 0 Å². The summed E-state index contributed by atoms with van der Waals surface area (Å²) in [7, 11) is 0. The third kappa shape index (κ3) is 0.935. The smallest absolute Gasteiger partial charge is 0.139 e. The topological polar surface area (TPSA) is 49.6 Å². The lowest BCUT2D eigenvalue weighted by Gasteiger charge is -2.32. The minimum Gasteiger partial charge on any atom is -0.223 e. The summed E-state index contributed by atoms with van der Waals surface area (Å²) in [5.74, 6) is 0.788. The summed E-state index contributed by atoms with van der Waals surface area (Å²) >= 11 is 1.37. The van der Waals surface area contributed by atoms with Gasteiger partial charge in [0.2, 0.25) is 0 Å². The van der Waals surface area contributed by atoms with Crippen LogP contribution in [0.4, 0.5) is 0 Å². The summed E-state index contributed by atoms with van der Waals surface area (Å²) < 4.78 is 4.09. The Kier molecular flexibility index (Phi) is 1.62. The fraction of sp³-hybridized carbons (Fsp3) is 0.625. The van der Waals surface area contributed by atoms with Gasteiger partial charge < -0.3 is 0 Å². The maximum absolute atomic E-state index is 8.99. The highest BCUT2D eigenvalue weighted by Crippen LogP contribution is 2.43. The lowest BCUT2D eigenvalue weighted by atomic mass is 9.70. The van der Waals surface area contributed by atoms with Crippen molar-refractivity contribution in [3.63, 3.8) is 0 Å². The Labute approximate surface area is 75.2 Å². The molecule has 1 heterocycles. The molecule has 0 spiro atoms. The van der Waals surface area contributed by atoms with Gasteiger partial charge >= 0.3 is 0 Å². The van der Waals surface area contributed by atoms with E-state index in [4.69, 9.17) is 5.26 Å². The van der Waals surface area contributed by atoms with Crippen LogP contribution in [0.1, 0.15) is 30.1 Å². The van der Waals surface area contributed by atoms with Gasteiger partial charge in [0.05, 0.1) is 6.07 Å². The molecule has 0 aromatic carbocycles. The Bertz CT molecular complexity index is 332. The number of nitrogens with zero attached hydrogens (tertiary/aromatic N) is 3. The minimum atomic E-state index is -0.272. The fourth-order valence-corrected chi connectivity index (χ4v) is 2.25. The minimum absolute atomic E-state index is 0.272. The first kappa shape index (κ1) is 7.69. The number of aryl methyl sites for hydroxylation is 1. The average molecular weight is 179 g/mol. The van der Waals surface area contributed by atoms with E-state index >= 15 is 0 Å². The molecule has 1 fully saturated rings. The van der Waals surface area contributed by atoms with Crippen LogP contribution in [-0.2, 0) is 5.41 Å². The Hall–Kier alpha value is -0.950. The predicted molar refractivity (Wildman–Crippen MR) is 45.8 cm³/mol. The molecule has 0 saturated heterocycles. The Morgan fingerprint density at radius 3 is 2.67 bits per heavy atom. The Balaban J connectivity index is 2.35. The quantitative estimate of drug-likeness (QED) is 0.660. The van der Waals surface area contributed by atoms with Crippen LogP contribution in [-0.4, -0.2) is 9.36 Å². The van der Waals surface area contributed by atoms with Gasteiger partial charge in [0.15, 0.2) is 0 Å². The van der Waals surface area contributed by atoms with Crippen LogP contribution in [0.15, 0.2) is 0 Å². The molecule has 1 aliphatic carbocycles. The summed E-state index contributed by atoms with van der Waals surface area (Å²) in [6.45, 7) is 1.86. The SMILES string of the molecule is Cc1nsc(C2(C#N)CCC2)n1. The molecule has 12 heavy (non-hydrogen) atoms. The second kappa shape index (κ2) is 2.53. The van der Waals surface area contributed by atoms with Gasteiger partial charge in [-0.3, -0.25) is 0 Å². The summed E-state index contributed by atoms with van der Waals surface area (Å²) in [4.78, 5) is 4.26. The van der Waals surface area contributed by atoms with Gasteiger partial charge in [-0.05, 0) is 37.7 Å². The van der Waals surface area contributed by atoms with Crippen molar-refractivity contribution in [1.82, 2.24) is 9.36 Å².